The molecule has 3 N–H and O–H groups in total. The van der Waals surface area contributed by atoms with Crippen LogP contribution in [0.4, 0.5) is 5.82 Å². The van der Waals surface area contributed by atoms with Gasteiger partial charge in [-0.05, 0) is 38.7 Å². The molecule has 1 heterocycles. The summed E-state index contributed by atoms with van der Waals surface area (Å²) in [5.41, 5.74) is 9.61. The molecule has 0 aliphatic heterocycles. The van der Waals surface area contributed by atoms with Crippen LogP contribution in [0.15, 0.2) is 18.2 Å². The van der Waals surface area contributed by atoms with Crippen LogP contribution in [-0.2, 0) is 13.6 Å². The highest BCUT2D eigenvalue weighted by Crippen LogP contribution is 2.31. The Hall–Kier alpha value is -2.01. The summed E-state index contributed by atoms with van der Waals surface area (Å²) in [7, 11) is 5.77. The minimum Gasteiger partial charge on any atom is -0.508 e. The van der Waals surface area contributed by atoms with Gasteiger partial charge in [0.15, 0.2) is 0 Å². The molecule has 0 unspecified atom stereocenters. The van der Waals surface area contributed by atoms with E-state index in [2.05, 4.69) is 5.10 Å². The van der Waals surface area contributed by atoms with E-state index in [4.69, 9.17) is 5.73 Å². The van der Waals surface area contributed by atoms with Gasteiger partial charge in [-0.1, -0.05) is 0 Å². The lowest BCUT2D eigenvalue weighted by Gasteiger charge is -2.16. The van der Waals surface area contributed by atoms with Crippen molar-refractivity contribution in [3.8, 4) is 17.0 Å². The van der Waals surface area contributed by atoms with Gasteiger partial charge >= 0.3 is 0 Å². The van der Waals surface area contributed by atoms with E-state index in [0.717, 1.165) is 22.4 Å². The van der Waals surface area contributed by atoms with E-state index in [0.29, 0.717) is 18.1 Å². The molecule has 0 amide bonds. The third-order valence-electron chi connectivity index (χ3n) is 3.24. The molecule has 2 aromatic rings. The first-order chi connectivity index (χ1) is 8.90. The SMILES string of the molecule is Cc1c(-c2cc(N)n(C)n2)ccc(O)c1CN(C)C. The van der Waals surface area contributed by atoms with Crippen molar-refractivity contribution in [1.29, 1.82) is 0 Å². The van der Waals surface area contributed by atoms with Crippen LogP contribution in [0.25, 0.3) is 11.3 Å². The highest BCUT2D eigenvalue weighted by molar-refractivity contribution is 5.69. The highest BCUT2D eigenvalue weighted by atomic mass is 16.3. The number of nitrogens with two attached hydrogens (primary N) is 1. The van der Waals surface area contributed by atoms with Gasteiger partial charge in [-0.3, -0.25) is 4.68 Å². The molecule has 2 rings (SSSR count). The predicted octanol–water partition coefficient (Wildman–Crippen LogP) is 1.74. The number of nitrogen functional groups attached to an aromatic ring is 1. The number of hydrogen-bond donors (Lipinski definition) is 2. The first-order valence-corrected chi connectivity index (χ1v) is 6.16. The van der Waals surface area contributed by atoms with Gasteiger partial charge in [0, 0.05) is 30.8 Å². The molecule has 0 saturated heterocycles. The molecule has 0 radical (unpaired) electrons. The Balaban J connectivity index is 2.53. The van der Waals surface area contributed by atoms with Crippen LogP contribution < -0.4 is 5.73 Å². The average molecular weight is 260 g/mol. The first kappa shape index (κ1) is 13.4. The average Bonchev–Trinajstić information content (AvgIpc) is 2.64. The molecule has 5 nitrogen and oxygen atoms in total. The minimum absolute atomic E-state index is 0.318. The fraction of sp³-hybridized carbons (Fsp3) is 0.357. The van der Waals surface area contributed by atoms with Crippen LogP contribution in [0, 0.1) is 6.92 Å². The van der Waals surface area contributed by atoms with Gasteiger partial charge in [0.2, 0.25) is 0 Å². The van der Waals surface area contributed by atoms with Crippen LogP contribution in [0.5, 0.6) is 5.75 Å². The molecule has 0 saturated carbocycles. The molecular weight excluding hydrogens is 240 g/mol. The maximum Gasteiger partial charge on any atom is 0.121 e. The van der Waals surface area contributed by atoms with E-state index in [9.17, 15) is 5.11 Å². The Bertz CT molecular complexity index is 582. The molecular formula is C14H20N4O. The molecule has 102 valence electrons. The summed E-state index contributed by atoms with van der Waals surface area (Å²) >= 11 is 0. The number of hydrogen-bond acceptors (Lipinski definition) is 4. The molecule has 1 aromatic carbocycles. The summed E-state index contributed by atoms with van der Waals surface area (Å²) in [5, 5.41) is 14.4. The van der Waals surface area contributed by atoms with E-state index >= 15 is 0 Å². The van der Waals surface area contributed by atoms with Crippen molar-refractivity contribution in [2.45, 2.75) is 13.5 Å². The van der Waals surface area contributed by atoms with E-state index in [-0.39, 0.29) is 0 Å². The summed E-state index contributed by atoms with van der Waals surface area (Å²) in [5.74, 6) is 0.940. The molecule has 0 bridgehead atoms. The van der Waals surface area contributed by atoms with Crippen molar-refractivity contribution in [3.63, 3.8) is 0 Å². The van der Waals surface area contributed by atoms with Crippen LogP contribution >= 0.6 is 0 Å². The monoisotopic (exact) mass is 260 g/mol. The highest BCUT2D eigenvalue weighted by Gasteiger charge is 2.14. The number of phenols is 1. The molecule has 0 aliphatic rings. The van der Waals surface area contributed by atoms with Gasteiger partial charge in [-0.25, -0.2) is 0 Å². The third kappa shape index (κ3) is 2.56. The fourth-order valence-corrected chi connectivity index (χ4v) is 2.15. The van der Waals surface area contributed by atoms with Gasteiger partial charge in [0.1, 0.15) is 11.6 Å². The minimum atomic E-state index is 0.318. The number of phenolic OH excluding ortho intramolecular Hbond substituents is 1. The molecule has 19 heavy (non-hydrogen) atoms. The fourth-order valence-electron chi connectivity index (χ4n) is 2.15. The maximum absolute atomic E-state index is 9.99. The van der Waals surface area contributed by atoms with Crippen molar-refractivity contribution in [3.05, 3.63) is 29.3 Å². The Morgan fingerprint density at radius 2 is 2.05 bits per heavy atom. The zero-order chi connectivity index (χ0) is 14.2. The second-order valence-electron chi connectivity index (χ2n) is 5.05. The van der Waals surface area contributed by atoms with Crippen LogP contribution in [0.2, 0.25) is 0 Å². The lowest BCUT2D eigenvalue weighted by molar-refractivity contribution is 0.385. The number of aromatic nitrogens is 2. The summed E-state index contributed by atoms with van der Waals surface area (Å²) in [6.07, 6.45) is 0. The molecule has 0 fully saturated rings. The third-order valence-corrected chi connectivity index (χ3v) is 3.24. The van der Waals surface area contributed by atoms with E-state index in [1.165, 1.54) is 0 Å². The zero-order valence-electron chi connectivity index (χ0n) is 11.8. The van der Waals surface area contributed by atoms with Crippen LogP contribution in [-0.4, -0.2) is 33.9 Å². The van der Waals surface area contributed by atoms with Crippen molar-refractivity contribution in [2.75, 3.05) is 19.8 Å². The summed E-state index contributed by atoms with van der Waals surface area (Å²) in [4.78, 5) is 2.03. The Morgan fingerprint density at radius 1 is 1.37 bits per heavy atom. The smallest absolute Gasteiger partial charge is 0.121 e. The summed E-state index contributed by atoms with van der Waals surface area (Å²) in [6, 6.07) is 5.44. The first-order valence-electron chi connectivity index (χ1n) is 6.16. The second-order valence-corrected chi connectivity index (χ2v) is 5.05. The van der Waals surface area contributed by atoms with Crippen molar-refractivity contribution < 1.29 is 5.11 Å². The molecule has 0 aliphatic carbocycles. The van der Waals surface area contributed by atoms with Gasteiger partial charge in [0.05, 0.1) is 5.69 Å². The van der Waals surface area contributed by atoms with E-state index in [1.807, 2.05) is 45.1 Å². The Kier molecular flexibility index (Phi) is 3.48. The number of anilines is 1. The van der Waals surface area contributed by atoms with E-state index in [1.54, 1.807) is 10.7 Å². The Labute approximate surface area is 113 Å². The second kappa shape index (κ2) is 4.93. The van der Waals surface area contributed by atoms with Crippen molar-refractivity contribution in [1.82, 2.24) is 14.7 Å². The zero-order valence-corrected chi connectivity index (χ0v) is 11.8. The number of aromatic hydroxyl groups is 1. The number of aryl methyl sites for hydroxylation is 1. The molecule has 1 aromatic heterocycles. The largest absolute Gasteiger partial charge is 0.508 e. The lowest BCUT2D eigenvalue weighted by atomic mass is 9.99. The summed E-state index contributed by atoms with van der Waals surface area (Å²) in [6.45, 7) is 2.69. The summed E-state index contributed by atoms with van der Waals surface area (Å²) < 4.78 is 1.65. The number of benzene rings is 1. The van der Waals surface area contributed by atoms with E-state index < -0.39 is 0 Å². The van der Waals surface area contributed by atoms with Crippen molar-refractivity contribution in [2.24, 2.45) is 7.05 Å². The predicted molar refractivity (Wildman–Crippen MR) is 76.8 cm³/mol. The van der Waals surface area contributed by atoms with Gasteiger partial charge in [-0.2, -0.15) is 5.10 Å². The quantitative estimate of drug-likeness (QED) is 0.882. The van der Waals surface area contributed by atoms with Crippen LogP contribution in [0.1, 0.15) is 11.1 Å². The van der Waals surface area contributed by atoms with Crippen molar-refractivity contribution >= 4 is 5.82 Å². The lowest BCUT2D eigenvalue weighted by Crippen LogP contribution is -2.12. The molecule has 5 heteroatoms. The molecule has 0 spiro atoms. The maximum atomic E-state index is 9.99. The number of nitrogens with zero attached hydrogens (tertiary/aromatic N) is 3. The van der Waals surface area contributed by atoms with Gasteiger partial charge in [0.25, 0.3) is 0 Å². The standard InChI is InChI=1S/C14H20N4O/c1-9-10(12-7-14(15)18(4)16-12)5-6-13(19)11(9)8-17(2)3/h5-7,19H,8,15H2,1-4H3. The normalized spacial score (nSPS) is 11.2. The topological polar surface area (TPSA) is 67.3 Å². The van der Waals surface area contributed by atoms with Gasteiger partial charge in [-0.15, -0.1) is 0 Å². The molecule has 0 atom stereocenters. The Morgan fingerprint density at radius 3 is 2.58 bits per heavy atom. The number of rotatable bonds is 3. The van der Waals surface area contributed by atoms with Gasteiger partial charge < -0.3 is 15.7 Å². The van der Waals surface area contributed by atoms with Crippen LogP contribution in [0.3, 0.4) is 0 Å².